The first-order valence-corrected chi connectivity index (χ1v) is 10.7. The number of carbonyl (C=O) groups excluding carboxylic acids is 1. The van der Waals surface area contributed by atoms with Crippen molar-refractivity contribution in [3.05, 3.63) is 80.7 Å². The quantitative estimate of drug-likeness (QED) is 0.248. The Bertz CT molecular complexity index is 1440. The highest BCUT2D eigenvalue weighted by atomic mass is 35.5. The summed E-state index contributed by atoms with van der Waals surface area (Å²) >= 11 is 11.8. The number of pyridine rings is 1. The summed E-state index contributed by atoms with van der Waals surface area (Å²) in [4.78, 5) is 35.4. The predicted molar refractivity (Wildman–Crippen MR) is 129 cm³/mol. The largest absolute Gasteiger partial charge is 0.482 e. The number of amides is 1. The molecule has 4 aromatic rings. The number of anilines is 1. The van der Waals surface area contributed by atoms with Gasteiger partial charge in [0, 0.05) is 16.1 Å². The Balaban J connectivity index is 1.50. The zero-order valence-corrected chi connectivity index (χ0v) is 19.5. The van der Waals surface area contributed by atoms with Gasteiger partial charge in [-0.15, -0.1) is 0 Å². The maximum atomic E-state index is 12.2. The third-order valence-corrected chi connectivity index (χ3v) is 5.10. The molecule has 0 saturated heterocycles. The Hall–Kier alpha value is -4.22. The number of halogens is 2. The van der Waals surface area contributed by atoms with Crippen LogP contribution in [0.1, 0.15) is 5.69 Å². The Morgan fingerprint density at radius 3 is 2.71 bits per heavy atom. The number of benzene rings is 2. The summed E-state index contributed by atoms with van der Waals surface area (Å²) in [6.07, 6.45) is 1.06. The van der Waals surface area contributed by atoms with Crippen LogP contribution in [0.4, 0.5) is 11.5 Å². The third-order valence-electron chi connectivity index (χ3n) is 4.57. The van der Waals surface area contributed by atoms with E-state index in [2.05, 4.69) is 25.8 Å². The maximum absolute atomic E-state index is 12.2. The lowest BCUT2D eigenvalue weighted by molar-refractivity contribution is -0.385. The fourth-order valence-corrected chi connectivity index (χ4v) is 3.46. The summed E-state index contributed by atoms with van der Waals surface area (Å²) in [7, 11) is 0. The van der Waals surface area contributed by atoms with Crippen molar-refractivity contribution in [1.82, 2.24) is 20.4 Å². The van der Waals surface area contributed by atoms with E-state index in [1.54, 1.807) is 18.2 Å². The van der Waals surface area contributed by atoms with Crippen molar-refractivity contribution in [1.29, 1.82) is 0 Å². The maximum Gasteiger partial charge on any atom is 0.374 e. The predicted octanol–water partition coefficient (Wildman–Crippen LogP) is 4.86. The molecule has 178 valence electrons. The molecule has 0 bridgehead atoms. The zero-order valence-electron chi connectivity index (χ0n) is 18.0. The number of nitro groups is 1. The molecule has 0 radical (unpaired) electrons. The van der Waals surface area contributed by atoms with Crippen molar-refractivity contribution in [2.24, 2.45) is 0 Å². The second-order valence-electron chi connectivity index (χ2n) is 7.05. The van der Waals surface area contributed by atoms with Gasteiger partial charge in [-0.25, -0.2) is 9.97 Å². The van der Waals surface area contributed by atoms with Gasteiger partial charge in [0.05, 0.1) is 9.95 Å². The number of hydrogen-bond acceptors (Lipinski definition) is 9. The first-order valence-electron chi connectivity index (χ1n) is 9.98. The highest BCUT2D eigenvalue weighted by Crippen LogP contribution is 2.36. The van der Waals surface area contributed by atoms with Crippen LogP contribution in [0.2, 0.25) is 10.0 Å². The zero-order chi connectivity index (χ0) is 24.9. The van der Waals surface area contributed by atoms with Crippen molar-refractivity contribution in [2.75, 3.05) is 12.0 Å². The molecule has 2 aromatic carbocycles. The highest BCUT2D eigenvalue weighted by molar-refractivity contribution is 6.35. The summed E-state index contributed by atoms with van der Waals surface area (Å²) in [5.74, 6) is -0.755. The molecule has 0 saturated carbocycles. The van der Waals surface area contributed by atoms with E-state index in [1.807, 2.05) is 25.1 Å². The molecule has 0 aliphatic rings. The smallest absolute Gasteiger partial charge is 0.374 e. The first-order chi connectivity index (χ1) is 16.8. The standard InChI is InChI=1S/C22H16Cl2N6O5/c1-12-5-6-13-3-2-4-17(19(13)27-12)35-22-20(30(32)33)21(25-11-26-22)29-28-18(31)10-34-16-8-7-14(23)9-15(16)24/h2-9,11H,10H2,1H3,(H,28,31)(H,25,26,29). The van der Waals surface area contributed by atoms with Gasteiger partial charge in [-0.1, -0.05) is 41.4 Å². The van der Waals surface area contributed by atoms with Gasteiger partial charge in [-0.05, 0) is 37.3 Å². The average Bonchev–Trinajstić information content (AvgIpc) is 2.82. The van der Waals surface area contributed by atoms with Gasteiger partial charge in [0.1, 0.15) is 17.6 Å². The number of ether oxygens (including phenoxy) is 2. The van der Waals surface area contributed by atoms with Crippen LogP contribution in [0, 0.1) is 17.0 Å². The summed E-state index contributed by atoms with van der Waals surface area (Å²) in [6, 6.07) is 13.4. The van der Waals surface area contributed by atoms with Crippen molar-refractivity contribution in [3.8, 4) is 17.4 Å². The minimum atomic E-state index is -0.725. The Morgan fingerprint density at radius 2 is 1.94 bits per heavy atom. The van der Waals surface area contributed by atoms with Crippen molar-refractivity contribution < 1.29 is 19.2 Å². The lowest BCUT2D eigenvalue weighted by Gasteiger charge is -2.12. The molecule has 35 heavy (non-hydrogen) atoms. The Kier molecular flexibility index (Phi) is 7.09. The number of fused-ring (bicyclic) bond motifs is 1. The van der Waals surface area contributed by atoms with Crippen LogP contribution in [0.3, 0.4) is 0 Å². The van der Waals surface area contributed by atoms with Crippen LogP contribution in [0.15, 0.2) is 54.9 Å². The van der Waals surface area contributed by atoms with Crippen LogP contribution in [0.5, 0.6) is 17.4 Å². The van der Waals surface area contributed by atoms with E-state index >= 15 is 0 Å². The Morgan fingerprint density at radius 1 is 1.11 bits per heavy atom. The molecule has 0 spiro atoms. The SMILES string of the molecule is Cc1ccc2cccc(Oc3ncnc(NNC(=O)COc4ccc(Cl)cc4Cl)c3[N+](=O)[O-])c2n1. The van der Waals surface area contributed by atoms with Gasteiger partial charge in [0.15, 0.2) is 12.4 Å². The fraction of sp³-hybridized carbons (Fsp3) is 0.0909. The minimum Gasteiger partial charge on any atom is -0.482 e. The van der Waals surface area contributed by atoms with Crippen LogP contribution >= 0.6 is 23.2 Å². The van der Waals surface area contributed by atoms with E-state index in [-0.39, 0.29) is 28.2 Å². The monoisotopic (exact) mass is 514 g/mol. The average molecular weight is 515 g/mol. The number of hydrazine groups is 1. The van der Waals surface area contributed by atoms with Crippen molar-refractivity contribution in [2.45, 2.75) is 6.92 Å². The number of para-hydroxylation sites is 1. The Labute approximate surface area is 208 Å². The molecule has 0 aliphatic carbocycles. The molecule has 13 heteroatoms. The minimum absolute atomic E-state index is 0.226. The van der Waals surface area contributed by atoms with Gasteiger partial charge in [-0.3, -0.25) is 25.8 Å². The molecule has 0 fully saturated rings. The number of nitrogens with one attached hydrogen (secondary N) is 2. The van der Waals surface area contributed by atoms with Crippen molar-refractivity contribution >= 4 is 51.5 Å². The van der Waals surface area contributed by atoms with Crippen LogP contribution < -0.4 is 20.3 Å². The van der Waals surface area contributed by atoms with E-state index in [4.69, 9.17) is 32.7 Å². The fourth-order valence-electron chi connectivity index (χ4n) is 3.00. The summed E-state index contributed by atoms with van der Waals surface area (Å²) in [5, 5.41) is 13.2. The number of rotatable bonds is 8. The lowest BCUT2D eigenvalue weighted by atomic mass is 10.2. The van der Waals surface area contributed by atoms with Crippen molar-refractivity contribution in [3.63, 3.8) is 0 Å². The molecular formula is C22H16Cl2N6O5. The summed E-state index contributed by atoms with van der Waals surface area (Å²) in [5.41, 5.74) is 5.36. The van der Waals surface area contributed by atoms with Crippen LogP contribution in [0.25, 0.3) is 10.9 Å². The van der Waals surface area contributed by atoms with E-state index in [0.29, 0.717) is 10.5 Å². The highest BCUT2D eigenvalue weighted by Gasteiger charge is 2.26. The molecule has 2 aromatic heterocycles. The molecular weight excluding hydrogens is 499 g/mol. The number of nitrogens with zero attached hydrogens (tertiary/aromatic N) is 4. The van der Waals surface area contributed by atoms with Gasteiger partial charge in [-0.2, -0.15) is 4.98 Å². The normalized spacial score (nSPS) is 10.6. The molecule has 0 atom stereocenters. The van der Waals surface area contributed by atoms with E-state index in [1.165, 1.54) is 12.1 Å². The molecule has 2 N–H and O–H groups in total. The molecule has 4 rings (SSSR count). The van der Waals surface area contributed by atoms with Crippen LogP contribution in [-0.2, 0) is 4.79 Å². The number of hydrogen-bond donors (Lipinski definition) is 2. The summed E-state index contributed by atoms with van der Waals surface area (Å²) in [6.45, 7) is 1.39. The molecule has 0 aliphatic heterocycles. The molecule has 2 heterocycles. The number of aromatic nitrogens is 3. The van der Waals surface area contributed by atoms with E-state index in [0.717, 1.165) is 17.4 Å². The number of aryl methyl sites for hydroxylation is 1. The van der Waals surface area contributed by atoms with Gasteiger partial charge in [0.25, 0.3) is 5.91 Å². The lowest BCUT2D eigenvalue weighted by Crippen LogP contribution is -2.34. The van der Waals surface area contributed by atoms with E-state index < -0.39 is 23.1 Å². The molecule has 0 unspecified atom stereocenters. The van der Waals surface area contributed by atoms with Gasteiger partial charge >= 0.3 is 11.6 Å². The first kappa shape index (κ1) is 23.9. The third kappa shape index (κ3) is 5.65. The van der Waals surface area contributed by atoms with Crippen LogP contribution in [-0.4, -0.2) is 32.4 Å². The molecule has 1 amide bonds. The number of carbonyl (C=O) groups is 1. The second kappa shape index (κ2) is 10.4. The summed E-state index contributed by atoms with van der Waals surface area (Å²) < 4.78 is 11.1. The van der Waals surface area contributed by atoms with Gasteiger partial charge in [0.2, 0.25) is 5.82 Å². The van der Waals surface area contributed by atoms with Gasteiger partial charge < -0.3 is 9.47 Å². The second-order valence-corrected chi connectivity index (χ2v) is 7.90. The topological polar surface area (TPSA) is 141 Å². The van der Waals surface area contributed by atoms with E-state index in [9.17, 15) is 14.9 Å². The molecule has 11 nitrogen and oxygen atoms in total.